The van der Waals surface area contributed by atoms with Gasteiger partial charge in [-0.05, 0) is 58.6 Å². The van der Waals surface area contributed by atoms with Gasteiger partial charge in [-0.1, -0.05) is 36.4 Å². The predicted octanol–water partition coefficient (Wildman–Crippen LogP) is 3.37. The molecule has 0 aliphatic carbocycles. The van der Waals surface area contributed by atoms with E-state index in [1.54, 1.807) is 20.8 Å². The third-order valence-corrected chi connectivity index (χ3v) is 5.23. The number of aliphatic hydroxyl groups excluding tert-OH is 1. The molecule has 1 aromatic carbocycles. The molecular formula is C24H36N2O5. The largest absolute Gasteiger partial charge is 0.444 e. The SMILES string of the molecule is C=C(C)[C@H]1c2ccccc2CCN1C=O.C[C@H]1C[C@@H](NC(=O)OC(C)(C)C)[C@@H](O)CO1. The van der Waals surface area contributed by atoms with E-state index in [9.17, 15) is 14.7 Å². The maximum Gasteiger partial charge on any atom is 0.407 e. The molecule has 7 heteroatoms. The van der Waals surface area contributed by atoms with Crippen LogP contribution in [0.15, 0.2) is 36.4 Å². The highest BCUT2D eigenvalue weighted by molar-refractivity contribution is 5.68. The molecule has 1 saturated heterocycles. The topological polar surface area (TPSA) is 88.1 Å². The molecule has 7 nitrogen and oxygen atoms in total. The Morgan fingerprint density at radius 3 is 2.65 bits per heavy atom. The lowest BCUT2D eigenvalue weighted by molar-refractivity contribution is -0.120. The van der Waals surface area contributed by atoms with Crippen LogP contribution in [0.25, 0.3) is 0 Å². The van der Waals surface area contributed by atoms with Crippen molar-refractivity contribution >= 4 is 12.5 Å². The Kier molecular flexibility index (Phi) is 8.65. The van der Waals surface area contributed by atoms with Crippen LogP contribution in [0, 0.1) is 0 Å². The van der Waals surface area contributed by atoms with Crippen LogP contribution >= 0.6 is 0 Å². The molecule has 172 valence electrons. The summed E-state index contributed by atoms with van der Waals surface area (Å²) in [7, 11) is 0. The number of hydrogen-bond donors (Lipinski definition) is 2. The fourth-order valence-electron chi connectivity index (χ4n) is 3.82. The first-order valence-corrected chi connectivity index (χ1v) is 10.7. The summed E-state index contributed by atoms with van der Waals surface area (Å²) in [6, 6.07) is 8.05. The molecular weight excluding hydrogens is 396 g/mol. The first kappa shape index (κ1) is 24.9. The lowest BCUT2D eigenvalue weighted by Gasteiger charge is -2.35. The molecule has 0 aromatic heterocycles. The van der Waals surface area contributed by atoms with Crippen LogP contribution in [0.3, 0.4) is 0 Å². The Morgan fingerprint density at radius 2 is 2.03 bits per heavy atom. The fourth-order valence-corrected chi connectivity index (χ4v) is 3.82. The minimum atomic E-state index is -0.663. The second kappa shape index (κ2) is 10.8. The van der Waals surface area contributed by atoms with Crippen molar-refractivity contribution < 1.29 is 24.2 Å². The summed E-state index contributed by atoms with van der Waals surface area (Å²) in [5.41, 5.74) is 3.06. The van der Waals surface area contributed by atoms with Gasteiger partial charge in [-0.25, -0.2) is 4.79 Å². The van der Waals surface area contributed by atoms with Gasteiger partial charge in [-0.3, -0.25) is 4.79 Å². The average molecular weight is 433 g/mol. The molecule has 2 heterocycles. The molecule has 2 amide bonds. The van der Waals surface area contributed by atoms with Crippen LogP contribution in [0.2, 0.25) is 0 Å². The number of amides is 2. The number of hydrogen-bond acceptors (Lipinski definition) is 5. The quantitative estimate of drug-likeness (QED) is 0.565. The Balaban J connectivity index is 0.000000220. The maximum absolute atomic E-state index is 11.5. The number of alkyl carbamates (subject to hydrolysis) is 1. The standard InChI is InChI=1S/C13H15NO.C11H21NO4/c1-10(2)13-12-6-4-3-5-11(12)7-8-14(13)9-15;1-7-5-8(9(13)6-15-7)12-10(14)16-11(2,3)4/h3-6,9,13H,1,7-8H2,2H3;7-9,13H,5-6H2,1-4H3,(H,12,14)/t13-;7-,8+,9-/m00/s1. The highest BCUT2D eigenvalue weighted by Gasteiger charge is 2.30. The molecule has 0 radical (unpaired) electrons. The van der Waals surface area contributed by atoms with Crippen molar-refractivity contribution in [3.05, 3.63) is 47.5 Å². The lowest BCUT2D eigenvalue weighted by atomic mass is 9.89. The normalized spacial score (nSPS) is 25.4. The number of nitrogens with one attached hydrogen (secondary N) is 1. The van der Waals surface area contributed by atoms with Gasteiger partial charge in [-0.2, -0.15) is 0 Å². The summed E-state index contributed by atoms with van der Waals surface area (Å²) in [6.07, 6.45) is 1.35. The van der Waals surface area contributed by atoms with Crippen molar-refractivity contribution in [2.75, 3.05) is 13.2 Å². The van der Waals surface area contributed by atoms with E-state index in [0.717, 1.165) is 24.9 Å². The second-order valence-corrected chi connectivity index (χ2v) is 9.24. The fraction of sp³-hybridized carbons (Fsp3) is 0.583. The minimum Gasteiger partial charge on any atom is -0.444 e. The van der Waals surface area contributed by atoms with Gasteiger partial charge >= 0.3 is 6.09 Å². The zero-order valence-electron chi connectivity index (χ0n) is 19.3. The summed E-state index contributed by atoms with van der Waals surface area (Å²) in [4.78, 5) is 24.3. The molecule has 0 saturated carbocycles. The number of fused-ring (bicyclic) bond motifs is 1. The molecule has 0 bridgehead atoms. The van der Waals surface area contributed by atoms with Gasteiger partial charge in [0.25, 0.3) is 0 Å². The van der Waals surface area contributed by atoms with Gasteiger partial charge in [0, 0.05) is 6.54 Å². The van der Waals surface area contributed by atoms with E-state index in [4.69, 9.17) is 9.47 Å². The first-order valence-electron chi connectivity index (χ1n) is 10.7. The van der Waals surface area contributed by atoms with Gasteiger partial charge in [0.15, 0.2) is 0 Å². The number of ether oxygens (including phenoxy) is 2. The van der Waals surface area contributed by atoms with Gasteiger partial charge in [0.2, 0.25) is 6.41 Å². The smallest absolute Gasteiger partial charge is 0.407 e. The van der Waals surface area contributed by atoms with Crippen LogP contribution in [-0.2, 0) is 20.7 Å². The molecule has 2 aliphatic rings. The molecule has 2 N–H and O–H groups in total. The number of rotatable bonds is 3. The highest BCUT2D eigenvalue weighted by atomic mass is 16.6. The van der Waals surface area contributed by atoms with E-state index in [1.807, 2.05) is 30.9 Å². The van der Waals surface area contributed by atoms with Crippen molar-refractivity contribution in [1.29, 1.82) is 0 Å². The molecule has 4 atom stereocenters. The highest BCUT2D eigenvalue weighted by Crippen LogP contribution is 2.32. The summed E-state index contributed by atoms with van der Waals surface area (Å²) in [6.45, 7) is 14.3. The third-order valence-electron chi connectivity index (χ3n) is 5.23. The summed E-state index contributed by atoms with van der Waals surface area (Å²) >= 11 is 0. The summed E-state index contributed by atoms with van der Waals surface area (Å²) in [5.74, 6) is 0. The van der Waals surface area contributed by atoms with Crippen molar-refractivity contribution in [2.45, 2.75) is 77.4 Å². The number of nitrogens with zero attached hydrogens (tertiary/aromatic N) is 1. The maximum atomic E-state index is 11.5. The van der Waals surface area contributed by atoms with Crippen LogP contribution < -0.4 is 5.32 Å². The Hall–Kier alpha value is -2.38. The van der Waals surface area contributed by atoms with Gasteiger partial charge < -0.3 is 24.8 Å². The molecule has 1 aromatic rings. The van der Waals surface area contributed by atoms with E-state index in [1.165, 1.54) is 11.1 Å². The molecule has 0 spiro atoms. The molecule has 3 rings (SSSR count). The van der Waals surface area contributed by atoms with Crippen molar-refractivity contribution in [1.82, 2.24) is 10.2 Å². The summed E-state index contributed by atoms with van der Waals surface area (Å²) < 4.78 is 10.4. The third kappa shape index (κ3) is 7.36. The van der Waals surface area contributed by atoms with Crippen LogP contribution in [0.1, 0.15) is 58.2 Å². The van der Waals surface area contributed by atoms with Gasteiger partial charge in [-0.15, -0.1) is 0 Å². The van der Waals surface area contributed by atoms with E-state index in [0.29, 0.717) is 6.42 Å². The van der Waals surface area contributed by atoms with Gasteiger partial charge in [0.1, 0.15) is 5.60 Å². The lowest BCUT2D eigenvalue weighted by Crippen LogP contribution is -2.51. The monoisotopic (exact) mass is 432 g/mol. The van der Waals surface area contributed by atoms with Crippen LogP contribution in [0.5, 0.6) is 0 Å². The number of benzene rings is 1. The minimum absolute atomic E-state index is 0.0448. The van der Waals surface area contributed by atoms with Crippen LogP contribution in [-0.4, -0.2) is 59.5 Å². The van der Waals surface area contributed by atoms with E-state index < -0.39 is 17.8 Å². The van der Waals surface area contributed by atoms with Crippen molar-refractivity contribution in [3.63, 3.8) is 0 Å². The summed E-state index contributed by atoms with van der Waals surface area (Å²) in [5, 5.41) is 12.3. The average Bonchev–Trinajstić information content (AvgIpc) is 2.68. The Labute approximate surface area is 185 Å². The first-order chi connectivity index (χ1) is 14.5. The van der Waals surface area contributed by atoms with E-state index in [-0.39, 0.29) is 24.8 Å². The zero-order valence-corrected chi connectivity index (χ0v) is 19.3. The van der Waals surface area contributed by atoms with E-state index >= 15 is 0 Å². The molecule has 0 unspecified atom stereocenters. The van der Waals surface area contributed by atoms with E-state index in [2.05, 4.69) is 24.0 Å². The second-order valence-electron chi connectivity index (χ2n) is 9.24. The van der Waals surface area contributed by atoms with Crippen LogP contribution in [0.4, 0.5) is 4.79 Å². The number of aliphatic hydroxyl groups is 1. The van der Waals surface area contributed by atoms with Crippen molar-refractivity contribution in [3.8, 4) is 0 Å². The predicted molar refractivity (Wildman–Crippen MR) is 120 cm³/mol. The molecule has 1 fully saturated rings. The van der Waals surface area contributed by atoms with Crippen molar-refractivity contribution in [2.24, 2.45) is 0 Å². The Morgan fingerprint density at radius 1 is 1.35 bits per heavy atom. The van der Waals surface area contributed by atoms with Gasteiger partial charge in [0.05, 0.1) is 30.9 Å². The Bertz CT molecular complexity index is 773. The molecule has 31 heavy (non-hydrogen) atoms. The molecule has 2 aliphatic heterocycles. The number of carbonyl (C=O) groups excluding carboxylic acids is 2. The number of carbonyl (C=O) groups is 2. The zero-order chi connectivity index (χ0) is 23.2.